The van der Waals surface area contributed by atoms with E-state index in [0.29, 0.717) is 24.7 Å². The number of hydrogen-bond donors (Lipinski definition) is 3. The molecule has 3 rings (SSSR count). The summed E-state index contributed by atoms with van der Waals surface area (Å²) in [5.74, 6) is 0.376. The van der Waals surface area contributed by atoms with Gasteiger partial charge in [-0.2, -0.15) is 0 Å². The van der Waals surface area contributed by atoms with E-state index in [0.717, 1.165) is 12.8 Å². The molecule has 26 heavy (non-hydrogen) atoms. The van der Waals surface area contributed by atoms with Crippen LogP contribution in [-0.4, -0.2) is 43.3 Å². The minimum absolute atomic E-state index is 0.193. The van der Waals surface area contributed by atoms with E-state index in [9.17, 15) is 14.3 Å². The number of rotatable bonds is 7. The summed E-state index contributed by atoms with van der Waals surface area (Å²) in [6.45, 7) is 15.9. The third-order valence-electron chi connectivity index (χ3n) is 6.65. The lowest BCUT2D eigenvalue weighted by molar-refractivity contribution is -0.305. The topological polar surface area (TPSA) is 78.8 Å². The zero-order chi connectivity index (χ0) is 20.1. The highest BCUT2D eigenvalue weighted by atomic mass is 32.2. The fraction of sp³-hybridized carbons (Fsp3) is 1.00. The van der Waals surface area contributed by atoms with Crippen LogP contribution in [0, 0.1) is 17.3 Å². The fourth-order valence-corrected chi connectivity index (χ4v) is 5.60. The van der Waals surface area contributed by atoms with Crippen molar-refractivity contribution in [3.63, 3.8) is 0 Å². The Morgan fingerprint density at radius 3 is 2.31 bits per heavy atom. The van der Waals surface area contributed by atoms with E-state index in [1.807, 2.05) is 27.7 Å². The summed E-state index contributed by atoms with van der Waals surface area (Å²) in [6, 6.07) is 0. The molecule has 3 aliphatic carbocycles. The third kappa shape index (κ3) is 3.79. The number of nitrogens with one attached hydrogen (secondary N) is 1. The number of fused-ring (bicyclic) bond motifs is 2. The van der Waals surface area contributed by atoms with E-state index in [4.69, 9.17) is 4.65 Å². The molecule has 0 radical (unpaired) electrons. The number of hydrogen-bond acceptors (Lipinski definition) is 4. The molecule has 0 aliphatic heterocycles. The second-order valence-electron chi connectivity index (χ2n) is 10.5. The molecule has 3 N–H and O–H groups in total. The quantitative estimate of drug-likeness (QED) is 0.587. The van der Waals surface area contributed by atoms with E-state index >= 15 is 0 Å². The van der Waals surface area contributed by atoms with E-state index in [1.54, 1.807) is 0 Å². The molecule has 0 aromatic heterocycles. The molecule has 2 bridgehead atoms. The molecule has 5 atom stereocenters. The molecule has 0 aromatic rings. The SMILES string of the molecule is CC(C)CC(NS(=O)C(C)(C)C)B(O)O[C@@]12CC(CC[C@]1(C)O)C2(C)C. The Balaban J connectivity index is 2.20. The maximum absolute atomic E-state index is 12.6. The monoisotopic (exact) mass is 387 g/mol. The van der Waals surface area contributed by atoms with Crippen molar-refractivity contribution in [2.45, 2.75) is 103 Å². The van der Waals surface area contributed by atoms with Gasteiger partial charge < -0.3 is 14.8 Å². The summed E-state index contributed by atoms with van der Waals surface area (Å²) in [7, 11) is -2.42. The Hall–Kier alpha value is 0.0549. The van der Waals surface area contributed by atoms with Gasteiger partial charge in [-0.15, -0.1) is 0 Å². The largest absolute Gasteiger partial charge is 0.473 e. The summed E-state index contributed by atoms with van der Waals surface area (Å²) in [5, 5.41) is 22.0. The lowest BCUT2D eigenvalue weighted by Crippen LogP contribution is -2.77. The summed E-state index contributed by atoms with van der Waals surface area (Å²) < 4.78 is 21.5. The van der Waals surface area contributed by atoms with Crippen molar-refractivity contribution in [2.24, 2.45) is 17.3 Å². The van der Waals surface area contributed by atoms with Gasteiger partial charge >= 0.3 is 7.12 Å². The Labute approximate surface area is 162 Å². The zero-order valence-electron chi connectivity index (χ0n) is 17.8. The Morgan fingerprint density at radius 2 is 1.88 bits per heavy atom. The molecular weight excluding hydrogens is 349 g/mol. The Bertz CT molecular complexity index is 536. The van der Waals surface area contributed by atoms with Gasteiger partial charge in [0.1, 0.15) is 0 Å². The van der Waals surface area contributed by atoms with Gasteiger partial charge in [0.05, 0.1) is 32.9 Å². The Kier molecular flexibility index (Phi) is 6.14. The van der Waals surface area contributed by atoms with Crippen molar-refractivity contribution < 1.29 is 19.0 Å². The Morgan fingerprint density at radius 1 is 1.31 bits per heavy atom. The zero-order valence-corrected chi connectivity index (χ0v) is 18.6. The van der Waals surface area contributed by atoms with Crippen molar-refractivity contribution in [3.05, 3.63) is 0 Å². The van der Waals surface area contributed by atoms with Gasteiger partial charge in [0.15, 0.2) is 0 Å². The molecule has 152 valence electrons. The highest BCUT2D eigenvalue weighted by molar-refractivity contribution is 7.84. The van der Waals surface area contributed by atoms with Gasteiger partial charge in [-0.3, -0.25) is 0 Å². The minimum atomic E-state index is -1.30. The molecule has 0 aromatic carbocycles. The van der Waals surface area contributed by atoms with Crippen LogP contribution in [0.5, 0.6) is 0 Å². The molecule has 3 unspecified atom stereocenters. The van der Waals surface area contributed by atoms with Crippen molar-refractivity contribution in [1.29, 1.82) is 0 Å². The first-order chi connectivity index (χ1) is 11.6. The van der Waals surface area contributed by atoms with Crippen molar-refractivity contribution >= 4 is 18.1 Å². The summed E-state index contributed by atoms with van der Waals surface area (Å²) >= 11 is 0. The molecule has 5 nitrogen and oxygen atoms in total. The average molecular weight is 387 g/mol. The van der Waals surface area contributed by atoms with Gasteiger partial charge in [-0.1, -0.05) is 27.7 Å². The smallest absolute Gasteiger partial charge is 0.426 e. The molecular formula is C19H38BNO4S. The average Bonchev–Trinajstić information content (AvgIpc) is 2.46. The van der Waals surface area contributed by atoms with Crippen LogP contribution >= 0.6 is 0 Å². The molecule has 3 aliphatic rings. The van der Waals surface area contributed by atoms with Crippen molar-refractivity contribution in [1.82, 2.24) is 4.72 Å². The molecule has 3 fully saturated rings. The molecule has 0 saturated heterocycles. The van der Waals surface area contributed by atoms with Crippen LogP contribution in [0.3, 0.4) is 0 Å². The summed E-state index contributed by atoms with van der Waals surface area (Å²) in [4.78, 5) is 0. The van der Waals surface area contributed by atoms with Crippen molar-refractivity contribution in [2.75, 3.05) is 0 Å². The summed E-state index contributed by atoms with van der Waals surface area (Å²) in [5.41, 5.74) is -1.93. The van der Waals surface area contributed by atoms with Gasteiger partial charge in [-0.25, -0.2) is 8.93 Å². The molecule has 0 spiro atoms. The maximum Gasteiger partial charge on any atom is 0.473 e. The predicted octanol–water partition coefficient (Wildman–Crippen LogP) is 2.82. The van der Waals surface area contributed by atoms with Crippen LogP contribution in [0.1, 0.15) is 81.1 Å². The van der Waals surface area contributed by atoms with Gasteiger partial charge in [0.2, 0.25) is 0 Å². The van der Waals surface area contributed by atoms with Crippen molar-refractivity contribution in [3.8, 4) is 0 Å². The highest BCUT2D eigenvalue weighted by Crippen LogP contribution is 2.67. The fourth-order valence-electron chi connectivity index (χ4n) is 4.76. The van der Waals surface area contributed by atoms with Gasteiger partial charge in [-0.05, 0) is 70.6 Å². The number of aliphatic hydroxyl groups is 1. The first-order valence-corrected chi connectivity index (χ1v) is 11.1. The van der Waals surface area contributed by atoms with E-state index in [1.165, 1.54) is 0 Å². The van der Waals surface area contributed by atoms with Gasteiger partial charge in [0.25, 0.3) is 0 Å². The predicted molar refractivity (Wildman–Crippen MR) is 108 cm³/mol. The second-order valence-corrected chi connectivity index (χ2v) is 12.5. The molecule has 0 amide bonds. The molecule has 7 heteroatoms. The maximum atomic E-state index is 12.6. The molecule has 0 heterocycles. The van der Waals surface area contributed by atoms with Crippen LogP contribution in [0.25, 0.3) is 0 Å². The lowest BCUT2D eigenvalue weighted by atomic mass is 9.40. The highest BCUT2D eigenvalue weighted by Gasteiger charge is 2.72. The molecule has 3 saturated carbocycles. The standard InChI is InChI=1S/C19H38BNO4S/c1-13(2)11-15(21-26(24)16(3,4)5)20(23)25-19-12-14(17(19,6)7)9-10-18(19,8)22/h13-15,21-23H,9-12H2,1-8H3/t14?,15?,18-,19+,26?/m0/s1. The van der Waals surface area contributed by atoms with Crippen LogP contribution in [0.15, 0.2) is 0 Å². The van der Waals surface area contributed by atoms with Crippen LogP contribution in [0.2, 0.25) is 0 Å². The lowest BCUT2D eigenvalue weighted by Gasteiger charge is -2.71. The first kappa shape index (κ1) is 22.3. The summed E-state index contributed by atoms with van der Waals surface area (Å²) in [6.07, 6.45) is 3.08. The van der Waals surface area contributed by atoms with Crippen LogP contribution in [0.4, 0.5) is 0 Å². The third-order valence-corrected chi connectivity index (χ3v) is 8.28. The van der Waals surface area contributed by atoms with E-state index < -0.39 is 40.0 Å². The minimum Gasteiger partial charge on any atom is -0.426 e. The van der Waals surface area contributed by atoms with Gasteiger partial charge in [0, 0.05) is 0 Å². The normalized spacial score (nSPS) is 35.7. The van der Waals surface area contributed by atoms with E-state index in [2.05, 4.69) is 32.4 Å². The van der Waals surface area contributed by atoms with Crippen LogP contribution in [-0.2, 0) is 15.6 Å². The second kappa shape index (κ2) is 7.14. The van der Waals surface area contributed by atoms with Crippen LogP contribution < -0.4 is 4.72 Å². The first-order valence-electron chi connectivity index (χ1n) is 9.90. The van der Waals surface area contributed by atoms with E-state index in [-0.39, 0.29) is 5.41 Å².